The van der Waals surface area contributed by atoms with Gasteiger partial charge in [0.15, 0.2) is 4.34 Å². The molecule has 0 saturated heterocycles. The van der Waals surface area contributed by atoms with Gasteiger partial charge in [-0.25, -0.2) is 8.42 Å². The molecule has 0 aliphatic heterocycles. The largest absolute Gasteiger partial charge is 0.299 e. The van der Waals surface area contributed by atoms with Crippen LogP contribution in [-0.2, 0) is 14.8 Å². The smallest absolute Gasteiger partial charge is 0.246 e. The molecule has 0 spiro atoms. The Labute approximate surface area is 167 Å². The number of nitrogens with zero attached hydrogens (tertiary/aromatic N) is 3. The number of nitrogens with one attached hydrogen (secondary N) is 1. The molecule has 146 valence electrons. The van der Waals surface area contributed by atoms with Crippen molar-refractivity contribution in [3.63, 3.8) is 0 Å². The highest BCUT2D eigenvalue weighted by Gasteiger charge is 2.24. The Hall–Kier alpha value is -1.91. The number of carbonyl (C=O) groups is 1. The summed E-state index contributed by atoms with van der Waals surface area (Å²) in [6.07, 6.45) is 2.84. The summed E-state index contributed by atoms with van der Waals surface area (Å²) in [6, 6.07) is 3.79. The lowest BCUT2D eigenvalue weighted by Crippen LogP contribution is -2.38. The molecular weight excluding hydrogens is 404 g/mol. The Morgan fingerprint density at radius 3 is 2.48 bits per heavy atom. The number of hydrogen-bond acceptors (Lipinski definition) is 7. The van der Waals surface area contributed by atoms with Crippen LogP contribution in [0.5, 0.6) is 0 Å². The molecule has 0 saturated carbocycles. The molecule has 1 amide bonds. The molecule has 0 fully saturated rings. The lowest BCUT2D eigenvalue weighted by Gasteiger charge is -2.25. The van der Waals surface area contributed by atoms with E-state index in [2.05, 4.69) is 22.1 Å². The number of amides is 1. The zero-order chi connectivity index (χ0) is 20.2. The van der Waals surface area contributed by atoms with Crippen LogP contribution in [-0.4, -0.2) is 43.1 Å². The van der Waals surface area contributed by atoms with Crippen LogP contribution in [0.25, 0.3) is 0 Å². The molecule has 0 aliphatic rings. The van der Waals surface area contributed by atoms with Crippen molar-refractivity contribution in [2.45, 2.75) is 25.1 Å². The third-order valence-electron chi connectivity index (χ3n) is 3.55. The molecule has 2 aromatic rings. The van der Waals surface area contributed by atoms with Gasteiger partial charge >= 0.3 is 0 Å². The average molecular weight is 427 g/mol. The number of aromatic nitrogens is 2. The van der Waals surface area contributed by atoms with Crippen LogP contribution in [0, 0.1) is 20.8 Å². The van der Waals surface area contributed by atoms with Crippen LogP contribution in [0.1, 0.15) is 16.7 Å². The van der Waals surface area contributed by atoms with Gasteiger partial charge in [0.05, 0.1) is 11.9 Å². The third kappa shape index (κ3) is 5.78. The molecule has 1 aromatic heterocycles. The van der Waals surface area contributed by atoms with Crippen LogP contribution < -0.4 is 9.62 Å². The summed E-state index contributed by atoms with van der Waals surface area (Å²) in [4.78, 5) is 12.5. The van der Waals surface area contributed by atoms with Crippen molar-refractivity contribution in [2.24, 2.45) is 0 Å². The van der Waals surface area contributed by atoms with Gasteiger partial charge in [-0.1, -0.05) is 46.9 Å². The first kappa shape index (κ1) is 21.4. The SMILES string of the molecule is C=CCSc1nnc(NC(=O)CN(c2c(C)cc(C)cc2C)S(C)(=O)=O)s1. The van der Waals surface area contributed by atoms with E-state index in [-0.39, 0.29) is 6.54 Å². The van der Waals surface area contributed by atoms with Crippen LogP contribution in [0.4, 0.5) is 10.8 Å². The van der Waals surface area contributed by atoms with Crippen LogP contribution >= 0.6 is 23.1 Å². The first-order valence-electron chi connectivity index (χ1n) is 8.04. The predicted molar refractivity (Wildman–Crippen MR) is 112 cm³/mol. The Morgan fingerprint density at radius 1 is 1.30 bits per heavy atom. The normalized spacial score (nSPS) is 11.3. The fourth-order valence-electron chi connectivity index (χ4n) is 2.67. The molecule has 0 aliphatic carbocycles. The molecule has 0 radical (unpaired) electrons. The fourth-order valence-corrected chi connectivity index (χ4v) is 5.17. The van der Waals surface area contributed by atoms with E-state index < -0.39 is 15.9 Å². The van der Waals surface area contributed by atoms with Crippen molar-refractivity contribution < 1.29 is 13.2 Å². The summed E-state index contributed by atoms with van der Waals surface area (Å²) < 4.78 is 26.5. The van der Waals surface area contributed by atoms with Gasteiger partial charge in [0.2, 0.25) is 21.1 Å². The van der Waals surface area contributed by atoms with Gasteiger partial charge in [0.1, 0.15) is 6.54 Å². The Balaban J connectivity index is 2.21. The number of carbonyl (C=O) groups excluding carboxylic acids is 1. The second-order valence-electron chi connectivity index (χ2n) is 6.04. The summed E-state index contributed by atoms with van der Waals surface area (Å²) in [5.74, 6) is 0.215. The summed E-state index contributed by atoms with van der Waals surface area (Å²) in [7, 11) is -3.65. The number of thioether (sulfide) groups is 1. The number of sulfonamides is 1. The lowest BCUT2D eigenvalue weighted by molar-refractivity contribution is -0.114. The first-order chi connectivity index (χ1) is 12.6. The highest BCUT2D eigenvalue weighted by atomic mass is 32.2. The van der Waals surface area contributed by atoms with Crippen molar-refractivity contribution >= 4 is 49.8 Å². The van der Waals surface area contributed by atoms with Crippen molar-refractivity contribution in [3.8, 4) is 0 Å². The Morgan fingerprint density at radius 2 is 1.93 bits per heavy atom. The maximum Gasteiger partial charge on any atom is 0.246 e. The van der Waals surface area contributed by atoms with Crippen molar-refractivity contribution in [2.75, 3.05) is 28.2 Å². The van der Waals surface area contributed by atoms with Gasteiger partial charge < -0.3 is 0 Å². The molecule has 0 unspecified atom stereocenters. The van der Waals surface area contributed by atoms with Gasteiger partial charge in [-0.05, 0) is 31.9 Å². The monoisotopic (exact) mass is 426 g/mol. The predicted octanol–water partition coefficient (Wildman–Crippen LogP) is 3.15. The minimum Gasteiger partial charge on any atom is -0.299 e. The summed E-state index contributed by atoms with van der Waals surface area (Å²) >= 11 is 2.69. The summed E-state index contributed by atoms with van der Waals surface area (Å²) in [6.45, 7) is 8.91. The minimum absolute atomic E-state index is 0.331. The van der Waals surface area contributed by atoms with Gasteiger partial charge in [-0.15, -0.1) is 16.8 Å². The topological polar surface area (TPSA) is 92.3 Å². The van der Waals surface area contributed by atoms with Crippen LogP contribution in [0.3, 0.4) is 0 Å². The Bertz CT molecular complexity index is 931. The van der Waals surface area contributed by atoms with Crippen molar-refractivity contribution in [1.29, 1.82) is 0 Å². The first-order valence-corrected chi connectivity index (χ1v) is 11.7. The standard InChI is InChI=1S/C17H22N4O3S3/c1-6-7-25-17-20-19-16(26-17)18-14(22)10-21(27(5,23)24)15-12(3)8-11(2)9-13(15)4/h6,8-9H,1,7,10H2,2-5H3,(H,18,19,22). The van der Waals surface area contributed by atoms with E-state index in [1.54, 1.807) is 6.08 Å². The number of aryl methyl sites for hydroxylation is 3. The summed E-state index contributed by atoms with van der Waals surface area (Å²) in [5, 5.41) is 10.8. The van der Waals surface area contributed by atoms with E-state index >= 15 is 0 Å². The molecule has 10 heteroatoms. The number of rotatable bonds is 8. The number of benzene rings is 1. The van der Waals surface area contributed by atoms with E-state index in [1.807, 2.05) is 32.9 Å². The van der Waals surface area contributed by atoms with E-state index in [1.165, 1.54) is 23.1 Å². The molecular formula is C17H22N4O3S3. The maximum absolute atomic E-state index is 12.5. The molecule has 2 rings (SSSR count). The van der Waals surface area contributed by atoms with Crippen LogP contribution in [0.2, 0.25) is 0 Å². The second kappa shape index (κ2) is 8.85. The Kier molecular flexibility index (Phi) is 7.01. The molecule has 0 bridgehead atoms. The van der Waals surface area contributed by atoms with E-state index in [9.17, 15) is 13.2 Å². The number of anilines is 2. The van der Waals surface area contributed by atoms with Gasteiger partial charge in [-0.2, -0.15) is 0 Å². The molecule has 27 heavy (non-hydrogen) atoms. The third-order valence-corrected chi connectivity index (χ3v) is 6.63. The van der Waals surface area contributed by atoms with E-state index in [0.29, 0.717) is 20.9 Å². The van der Waals surface area contributed by atoms with Crippen LogP contribution in [0.15, 0.2) is 29.1 Å². The second-order valence-corrected chi connectivity index (χ2v) is 10.2. The highest BCUT2D eigenvalue weighted by molar-refractivity contribution is 8.01. The number of hydrogen-bond donors (Lipinski definition) is 1. The van der Waals surface area contributed by atoms with Gasteiger partial charge in [0.25, 0.3) is 0 Å². The van der Waals surface area contributed by atoms with Crippen molar-refractivity contribution in [1.82, 2.24) is 10.2 Å². The highest BCUT2D eigenvalue weighted by Crippen LogP contribution is 2.29. The minimum atomic E-state index is -3.65. The zero-order valence-corrected chi connectivity index (χ0v) is 18.1. The lowest BCUT2D eigenvalue weighted by atomic mass is 10.1. The molecule has 1 aromatic carbocycles. The average Bonchev–Trinajstić information content (AvgIpc) is 2.97. The molecule has 1 N–H and O–H groups in total. The van der Waals surface area contributed by atoms with Gasteiger partial charge in [-0.3, -0.25) is 14.4 Å². The van der Waals surface area contributed by atoms with E-state index in [4.69, 9.17) is 0 Å². The molecule has 0 atom stereocenters. The fraction of sp³-hybridized carbons (Fsp3) is 0.353. The summed E-state index contributed by atoms with van der Waals surface area (Å²) in [5.41, 5.74) is 3.15. The van der Waals surface area contributed by atoms with Crippen molar-refractivity contribution in [3.05, 3.63) is 41.5 Å². The quantitative estimate of drug-likeness (QED) is 0.396. The zero-order valence-electron chi connectivity index (χ0n) is 15.6. The maximum atomic E-state index is 12.5. The molecule has 7 nitrogen and oxygen atoms in total. The molecule has 1 heterocycles. The van der Waals surface area contributed by atoms with E-state index in [0.717, 1.165) is 27.3 Å². The van der Waals surface area contributed by atoms with Gasteiger partial charge in [0, 0.05) is 5.75 Å².